The summed E-state index contributed by atoms with van der Waals surface area (Å²) in [5, 5.41) is 3.00. The van der Waals surface area contributed by atoms with Crippen LogP contribution in [0.4, 0.5) is 0 Å². The Morgan fingerprint density at radius 1 is 1.19 bits per heavy atom. The molecule has 0 radical (unpaired) electrons. The van der Waals surface area contributed by atoms with Crippen molar-refractivity contribution in [3.63, 3.8) is 0 Å². The number of benzene rings is 2. The van der Waals surface area contributed by atoms with Crippen molar-refractivity contribution >= 4 is 16.7 Å². The van der Waals surface area contributed by atoms with Crippen LogP contribution in [-0.4, -0.2) is 49.0 Å². The number of nitrogens with zero attached hydrogens (tertiary/aromatic N) is 1. The van der Waals surface area contributed by atoms with Crippen molar-refractivity contribution in [3.8, 4) is 5.75 Å². The number of hydrogen-bond donors (Lipinski definition) is 1. The van der Waals surface area contributed by atoms with Gasteiger partial charge in [-0.25, -0.2) is 0 Å². The third-order valence-electron chi connectivity index (χ3n) is 4.14. The maximum absolute atomic E-state index is 12.5. The highest BCUT2D eigenvalue weighted by molar-refractivity contribution is 7.83. The Kier molecular flexibility index (Phi) is 7.36. The van der Waals surface area contributed by atoms with Gasteiger partial charge in [0.1, 0.15) is 5.75 Å². The highest BCUT2D eigenvalue weighted by Gasteiger charge is 2.16. The molecule has 1 amide bonds. The summed E-state index contributed by atoms with van der Waals surface area (Å²) in [6.45, 7) is 0.488. The number of ether oxygens (including phenoxy) is 1. The number of likely N-dealkylation sites (N-methyl/N-ethyl adjacent to an activating group) is 1. The zero-order valence-electron chi connectivity index (χ0n) is 15.7. The minimum atomic E-state index is -0.932. The van der Waals surface area contributed by atoms with Crippen molar-refractivity contribution in [2.24, 2.45) is 0 Å². The lowest BCUT2D eigenvalue weighted by Gasteiger charge is -2.25. The Labute approximate surface area is 157 Å². The Hall–Kier alpha value is -2.18. The summed E-state index contributed by atoms with van der Waals surface area (Å²) >= 11 is 0. The van der Waals surface area contributed by atoms with Crippen molar-refractivity contribution in [1.82, 2.24) is 10.2 Å². The molecule has 1 N–H and O–H groups in total. The van der Waals surface area contributed by atoms with Crippen LogP contribution >= 0.6 is 0 Å². The predicted octanol–water partition coefficient (Wildman–Crippen LogP) is 2.61. The van der Waals surface area contributed by atoms with Crippen LogP contribution < -0.4 is 10.1 Å². The molecule has 0 spiro atoms. The van der Waals surface area contributed by atoms with Crippen LogP contribution in [0.1, 0.15) is 27.5 Å². The van der Waals surface area contributed by atoms with Crippen LogP contribution in [-0.2, 0) is 16.6 Å². The highest BCUT2D eigenvalue weighted by Crippen LogP contribution is 2.21. The van der Waals surface area contributed by atoms with Gasteiger partial charge in [-0.05, 0) is 49.5 Å². The SMILES string of the molecule is COc1ccc(C(CNC(=O)c2cccc(CS(C)=O)c2)N(C)C)cc1. The maximum atomic E-state index is 12.5. The molecule has 2 unspecified atom stereocenters. The van der Waals surface area contributed by atoms with Crippen molar-refractivity contribution < 1.29 is 13.7 Å². The van der Waals surface area contributed by atoms with E-state index in [0.29, 0.717) is 17.9 Å². The number of nitrogens with one attached hydrogen (secondary N) is 1. The molecule has 26 heavy (non-hydrogen) atoms. The molecule has 140 valence electrons. The van der Waals surface area contributed by atoms with Crippen LogP contribution in [0.2, 0.25) is 0 Å². The first kappa shape index (κ1) is 20.1. The molecule has 0 aliphatic rings. The van der Waals surface area contributed by atoms with E-state index in [4.69, 9.17) is 4.74 Å². The van der Waals surface area contributed by atoms with Crippen LogP contribution in [0, 0.1) is 0 Å². The Morgan fingerprint density at radius 2 is 1.88 bits per heavy atom. The minimum absolute atomic E-state index is 0.0520. The molecule has 0 saturated heterocycles. The number of amides is 1. The fourth-order valence-corrected chi connectivity index (χ4v) is 3.40. The second kappa shape index (κ2) is 9.50. The Bertz CT molecular complexity index is 760. The van der Waals surface area contributed by atoms with Crippen LogP contribution in [0.5, 0.6) is 5.75 Å². The molecular formula is C20H26N2O3S. The number of carbonyl (C=O) groups is 1. The van der Waals surface area contributed by atoms with Gasteiger partial charge in [-0.1, -0.05) is 24.3 Å². The van der Waals surface area contributed by atoms with Crippen molar-refractivity contribution in [1.29, 1.82) is 0 Å². The second-order valence-electron chi connectivity index (χ2n) is 6.38. The molecule has 0 fully saturated rings. The molecule has 2 aromatic carbocycles. The minimum Gasteiger partial charge on any atom is -0.497 e. The summed E-state index contributed by atoms with van der Waals surface area (Å²) in [5.74, 6) is 1.13. The van der Waals surface area contributed by atoms with E-state index >= 15 is 0 Å². The summed E-state index contributed by atoms with van der Waals surface area (Å²) < 4.78 is 16.6. The fraction of sp³-hybridized carbons (Fsp3) is 0.350. The molecule has 0 heterocycles. The third kappa shape index (κ3) is 5.68. The van der Waals surface area contributed by atoms with Gasteiger partial charge in [0, 0.05) is 34.9 Å². The first-order chi connectivity index (χ1) is 12.4. The average molecular weight is 375 g/mol. The lowest BCUT2D eigenvalue weighted by molar-refractivity contribution is 0.0942. The van der Waals surface area contributed by atoms with E-state index in [1.165, 1.54) is 0 Å². The number of hydrogen-bond acceptors (Lipinski definition) is 4. The van der Waals surface area contributed by atoms with Gasteiger partial charge in [-0.15, -0.1) is 0 Å². The molecule has 2 aromatic rings. The highest BCUT2D eigenvalue weighted by atomic mass is 32.2. The van der Waals surface area contributed by atoms with Crippen molar-refractivity contribution in [2.45, 2.75) is 11.8 Å². The normalized spacial score (nSPS) is 13.3. The zero-order valence-corrected chi connectivity index (χ0v) is 16.5. The topological polar surface area (TPSA) is 58.6 Å². The van der Waals surface area contributed by atoms with E-state index in [1.807, 2.05) is 50.5 Å². The second-order valence-corrected chi connectivity index (χ2v) is 7.82. The summed E-state index contributed by atoms with van der Waals surface area (Å²) in [6.07, 6.45) is 1.66. The number of rotatable bonds is 8. The van der Waals surface area contributed by atoms with E-state index in [0.717, 1.165) is 16.9 Å². The average Bonchev–Trinajstić information content (AvgIpc) is 2.61. The molecule has 0 aromatic heterocycles. The smallest absolute Gasteiger partial charge is 0.251 e. The Balaban J connectivity index is 2.06. The van der Waals surface area contributed by atoms with E-state index in [-0.39, 0.29) is 11.9 Å². The van der Waals surface area contributed by atoms with Gasteiger partial charge >= 0.3 is 0 Å². The lowest BCUT2D eigenvalue weighted by atomic mass is 10.1. The summed E-state index contributed by atoms with van der Waals surface area (Å²) in [5.41, 5.74) is 2.59. The molecule has 2 atom stereocenters. The van der Waals surface area contributed by atoms with E-state index < -0.39 is 10.8 Å². The van der Waals surface area contributed by atoms with E-state index in [1.54, 1.807) is 25.5 Å². The molecule has 0 saturated carbocycles. The van der Waals surface area contributed by atoms with Gasteiger partial charge in [0.25, 0.3) is 5.91 Å². The van der Waals surface area contributed by atoms with E-state index in [9.17, 15) is 9.00 Å². The molecule has 0 aliphatic heterocycles. The number of methoxy groups -OCH3 is 1. The molecule has 2 rings (SSSR count). The quantitative estimate of drug-likeness (QED) is 0.772. The molecular weight excluding hydrogens is 348 g/mol. The first-order valence-corrected chi connectivity index (χ1v) is 10.1. The predicted molar refractivity (Wildman–Crippen MR) is 106 cm³/mol. The number of carbonyl (C=O) groups excluding carboxylic acids is 1. The van der Waals surface area contributed by atoms with Gasteiger partial charge in [0.15, 0.2) is 0 Å². The Morgan fingerprint density at radius 3 is 2.46 bits per heavy atom. The molecule has 6 heteroatoms. The fourth-order valence-electron chi connectivity index (χ4n) is 2.75. The largest absolute Gasteiger partial charge is 0.497 e. The van der Waals surface area contributed by atoms with Crippen LogP contribution in [0.25, 0.3) is 0 Å². The van der Waals surface area contributed by atoms with Crippen molar-refractivity contribution in [3.05, 3.63) is 65.2 Å². The summed E-state index contributed by atoms with van der Waals surface area (Å²) in [7, 11) is 4.68. The van der Waals surface area contributed by atoms with Gasteiger partial charge < -0.3 is 15.0 Å². The van der Waals surface area contributed by atoms with Gasteiger partial charge in [-0.2, -0.15) is 0 Å². The standard InChI is InChI=1S/C20H26N2O3S/c1-22(2)19(16-8-10-18(25-3)11-9-16)13-21-20(23)17-7-5-6-15(12-17)14-26(4)24/h5-12,19H,13-14H2,1-4H3,(H,21,23). The van der Waals surface area contributed by atoms with Crippen molar-refractivity contribution in [2.75, 3.05) is 34.0 Å². The van der Waals surface area contributed by atoms with Gasteiger partial charge in [0.2, 0.25) is 0 Å². The van der Waals surface area contributed by atoms with Crippen LogP contribution in [0.3, 0.4) is 0 Å². The summed E-state index contributed by atoms with van der Waals surface area (Å²) in [4.78, 5) is 14.6. The maximum Gasteiger partial charge on any atom is 0.251 e. The monoisotopic (exact) mass is 374 g/mol. The molecule has 0 aliphatic carbocycles. The molecule has 0 bridgehead atoms. The molecule has 5 nitrogen and oxygen atoms in total. The van der Waals surface area contributed by atoms with Gasteiger partial charge in [0.05, 0.1) is 13.2 Å². The third-order valence-corrected chi connectivity index (χ3v) is 4.88. The first-order valence-electron chi connectivity index (χ1n) is 8.38. The zero-order chi connectivity index (χ0) is 19.1. The van der Waals surface area contributed by atoms with Crippen LogP contribution in [0.15, 0.2) is 48.5 Å². The van der Waals surface area contributed by atoms with E-state index in [2.05, 4.69) is 10.2 Å². The van der Waals surface area contributed by atoms with Gasteiger partial charge in [-0.3, -0.25) is 9.00 Å². The summed E-state index contributed by atoms with van der Waals surface area (Å²) in [6, 6.07) is 15.2. The lowest BCUT2D eigenvalue weighted by Crippen LogP contribution is -2.34.